The molecule has 0 saturated carbocycles. The van der Waals surface area contributed by atoms with Crippen LogP contribution in [0.25, 0.3) is 0 Å². The van der Waals surface area contributed by atoms with E-state index in [2.05, 4.69) is 26.0 Å². The predicted octanol–water partition coefficient (Wildman–Crippen LogP) is 17.4. The summed E-state index contributed by atoms with van der Waals surface area (Å²) in [6, 6.07) is -0.612. The van der Waals surface area contributed by atoms with Gasteiger partial charge in [0.05, 0.1) is 34.4 Å². The van der Waals surface area contributed by atoms with Crippen molar-refractivity contribution in [2.45, 2.75) is 309 Å². The number of carboxylic acids is 1. The largest absolute Gasteiger partial charge is 0.477 e. The third-order valence-corrected chi connectivity index (χ3v) is 13.7. The Balaban J connectivity index is 4.13. The van der Waals surface area contributed by atoms with E-state index < -0.39 is 18.1 Å². The van der Waals surface area contributed by atoms with Gasteiger partial charge < -0.3 is 23.8 Å². The molecule has 0 radical (unpaired) electrons. The zero-order valence-electron chi connectivity index (χ0n) is 45.4. The molecule has 2 unspecified atom stereocenters. The highest BCUT2D eigenvalue weighted by Crippen LogP contribution is 2.18. The molecule has 0 heterocycles. The Morgan fingerprint density at radius 1 is 0.433 bits per heavy atom. The van der Waals surface area contributed by atoms with Crippen molar-refractivity contribution in [1.29, 1.82) is 0 Å². The van der Waals surface area contributed by atoms with E-state index in [0.717, 1.165) is 38.5 Å². The van der Waals surface area contributed by atoms with Gasteiger partial charge in [-0.05, 0) is 38.5 Å². The summed E-state index contributed by atoms with van der Waals surface area (Å²) in [4.78, 5) is 37.3. The molecule has 0 saturated heterocycles. The van der Waals surface area contributed by atoms with Crippen molar-refractivity contribution in [3.8, 4) is 0 Å². The van der Waals surface area contributed by atoms with Crippen molar-refractivity contribution in [2.24, 2.45) is 0 Å². The minimum Gasteiger partial charge on any atom is -0.477 e. The van der Waals surface area contributed by atoms with Crippen LogP contribution in [0.2, 0.25) is 0 Å². The summed E-state index contributed by atoms with van der Waals surface area (Å²) in [7, 11) is 5.55. The van der Waals surface area contributed by atoms with E-state index in [1.165, 1.54) is 225 Å². The fraction of sp³-hybridized carbons (Fsp3) is 0.915. The van der Waals surface area contributed by atoms with Crippen LogP contribution in [0, 0.1) is 0 Å². The van der Waals surface area contributed by atoms with Gasteiger partial charge >= 0.3 is 17.9 Å². The lowest BCUT2D eigenvalue weighted by atomic mass is 10.0. The number of likely N-dealkylation sites (N-methyl/N-ethyl adjacent to an activating group) is 1. The van der Waals surface area contributed by atoms with Crippen LogP contribution in [-0.4, -0.2) is 80.6 Å². The van der Waals surface area contributed by atoms with Gasteiger partial charge in [-0.1, -0.05) is 251 Å². The molecule has 1 N–H and O–H groups in total. The molecule has 396 valence electrons. The van der Waals surface area contributed by atoms with Crippen molar-refractivity contribution in [2.75, 3.05) is 41.0 Å². The molecule has 67 heavy (non-hydrogen) atoms. The summed E-state index contributed by atoms with van der Waals surface area (Å²) in [6.07, 6.45) is 58.5. The molecule has 0 aliphatic carbocycles. The molecule has 0 rings (SSSR count). The zero-order chi connectivity index (χ0) is 49.2. The van der Waals surface area contributed by atoms with Gasteiger partial charge in [0.1, 0.15) is 6.61 Å². The fourth-order valence-electron chi connectivity index (χ4n) is 9.15. The highest BCUT2D eigenvalue weighted by molar-refractivity contribution is 5.72. The van der Waals surface area contributed by atoms with E-state index in [0.29, 0.717) is 19.3 Å². The first-order chi connectivity index (χ1) is 32.6. The molecule has 0 fully saturated rings. The molecule has 0 aromatic heterocycles. The van der Waals surface area contributed by atoms with Crippen LogP contribution in [0.1, 0.15) is 296 Å². The van der Waals surface area contributed by atoms with E-state index >= 15 is 0 Å². The number of unbranched alkanes of at least 4 members (excludes halogenated alkanes) is 38. The first-order valence-corrected chi connectivity index (χ1v) is 29.2. The lowest BCUT2D eigenvalue weighted by Crippen LogP contribution is -2.50. The number of hydrogen-bond donors (Lipinski definition) is 1. The van der Waals surface area contributed by atoms with Crippen molar-refractivity contribution < 1.29 is 38.2 Å². The van der Waals surface area contributed by atoms with Crippen LogP contribution in [0.3, 0.4) is 0 Å². The summed E-state index contributed by atoms with van der Waals surface area (Å²) >= 11 is 0. The Kier molecular flexibility index (Phi) is 49.0. The molecular weight excluding hydrogens is 835 g/mol. The highest BCUT2D eigenvalue weighted by Gasteiger charge is 2.31. The number of carbonyl (C=O) groups is 3. The number of quaternary nitrogens is 1. The van der Waals surface area contributed by atoms with E-state index in [-0.39, 0.29) is 36.2 Å². The Labute approximate surface area is 416 Å². The van der Waals surface area contributed by atoms with Gasteiger partial charge in [-0.15, -0.1) is 0 Å². The summed E-state index contributed by atoms with van der Waals surface area (Å²) in [5.74, 6) is -1.44. The lowest BCUT2D eigenvalue weighted by Gasteiger charge is -2.31. The first kappa shape index (κ1) is 65.1. The maximum absolute atomic E-state index is 12.8. The van der Waals surface area contributed by atoms with E-state index in [4.69, 9.17) is 14.2 Å². The second-order valence-electron chi connectivity index (χ2n) is 21.3. The number of nitrogens with zero attached hydrogens (tertiary/aromatic N) is 1. The van der Waals surface area contributed by atoms with Crippen LogP contribution in [-0.2, 0) is 28.6 Å². The topological polar surface area (TPSA) is 99.1 Å². The van der Waals surface area contributed by atoms with Crippen LogP contribution >= 0.6 is 0 Å². The van der Waals surface area contributed by atoms with Crippen molar-refractivity contribution in [3.05, 3.63) is 12.2 Å². The highest BCUT2D eigenvalue weighted by atomic mass is 16.6. The molecule has 0 spiro atoms. The molecule has 2 atom stereocenters. The summed E-state index contributed by atoms with van der Waals surface area (Å²) in [5.41, 5.74) is 0. The predicted molar refractivity (Wildman–Crippen MR) is 285 cm³/mol. The van der Waals surface area contributed by atoms with Gasteiger partial charge in [-0.25, -0.2) is 4.79 Å². The van der Waals surface area contributed by atoms with Crippen LogP contribution in [0.15, 0.2) is 12.2 Å². The van der Waals surface area contributed by atoms with Crippen LogP contribution < -0.4 is 0 Å². The molecule has 0 aliphatic heterocycles. The van der Waals surface area contributed by atoms with Gasteiger partial charge in [0.15, 0.2) is 12.1 Å². The third kappa shape index (κ3) is 48.9. The number of ether oxygens (including phenoxy) is 3. The average Bonchev–Trinajstić information content (AvgIpc) is 3.29. The van der Waals surface area contributed by atoms with E-state index in [1.54, 1.807) is 0 Å². The summed E-state index contributed by atoms with van der Waals surface area (Å²) in [5, 5.41) is 9.68. The summed E-state index contributed by atoms with van der Waals surface area (Å²) < 4.78 is 17.4. The van der Waals surface area contributed by atoms with Crippen molar-refractivity contribution in [3.63, 3.8) is 0 Å². The maximum atomic E-state index is 12.8. The number of esters is 2. The Hall–Kier alpha value is -1.93. The number of carbonyl (C=O) groups excluding carboxylic acids is 2. The quantitative estimate of drug-likeness (QED) is 0.0281. The molecule has 8 heteroatoms. The Morgan fingerprint density at radius 2 is 0.746 bits per heavy atom. The smallest absolute Gasteiger partial charge is 0.362 e. The van der Waals surface area contributed by atoms with Gasteiger partial charge in [0.25, 0.3) is 0 Å². The van der Waals surface area contributed by atoms with Gasteiger partial charge in [-0.3, -0.25) is 9.59 Å². The van der Waals surface area contributed by atoms with E-state index in [9.17, 15) is 19.5 Å². The monoisotopic (exact) mass is 949 g/mol. The van der Waals surface area contributed by atoms with Crippen molar-refractivity contribution >= 4 is 17.9 Å². The average molecular weight is 950 g/mol. The number of hydrogen-bond acceptors (Lipinski definition) is 6. The first-order valence-electron chi connectivity index (χ1n) is 29.2. The van der Waals surface area contributed by atoms with Gasteiger partial charge in [-0.2, -0.15) is 0 Å². The Bertz CT molecular complexity index is 1100. The van der Waals surface area contributed by atoms with Crippen molar-refractivity contribution in [1.82, 2.24) is 0 Å². The third-order valence-electron chi connectivity index (χ3n) is 13.7. The normalized spacial score (nSPS) is 12.8. The zero-order valence-corrected chi connectivity index (χ0v) is 45.4. The SMILES string of the molecule is CCCCCCCCCCCC/C=C/CCCCCCCCCC(=O)OC(COCCC(C(=O)O)[N+](C)(C)C)COC(=O)CCCCCCCCCCCCCCCCCCCCCCCC. The number of carboxylic acid groups (broad SMARTS) is 1. The molecular formula is C59H114NO7+. The second-order valence-corrected chi connectivity index (χ2v) is 21.3. The molecule has 8 nitrogen and oxygen atoms in total. The van der Waals surface area contributed by atoms with Gasteiger partial charge in [0.2, 0.25) is 0 Å². The number of rotatable bonds is 54. The molecule has 0 aromatic rings. The van der Waals surface area contributed by atoms with Crippen LogP contribution in [0.4, 0.5) is 0 Å². The summed E-state index contributed by atoms with van der Waals surface area (Å²) in [6.45, 7) is 4.80. The molecule has 0 aromatic carbocycles. The van der Waals surface area contributed by atoms with Gasteiger partial charge in [0, 0.05) is 19.3 Å². The van der Waals surface area contributed by atoms with E-state index in [1.807, 2.05) is 21.1 Å². The molecule has 0 amide bonds. The maximum Gasteiger partial charge on any atom is 0.362 e. The standard InChI is InChI=1S/C59H113NO7/c1-6-8-10-12-14-16-18-20-22-24-26-28-30-31-33-35-37-39-41-43-45-47-49-57(61)66-54-55(53-65-52-51-56(59(63)64)60(3,4)5)67-58(62)50-48-46-44-42-40-38-36-34-32-29-27-25-23-21-19-17-15-13-11-9-7-2/h29,32,55-56H,6-28,30-31,33-54H2,1-5H3/p+1/b32-29+. The number of aliphatic carboxylic acids is 1. The second kappa shape index (κ2) is 50.5. The Morgan fingerprint density at radius 3 is 1.07 bits per heavy atom. The minimum absolute atomic E-state index is 0.0456. The molecule has 0 aliphatic rings. The lowest BCUT2D eigenvalue weighted by molar-refractivity contribution is -0.887. The number of allylic oxidation sites excluding steroid dienone is 2. The fourth-order valence-corrected chi connectivity index (χ4v) is 9.15. The minimum atomic E-state index is -0.870. The van der Waals surface area contributed by atoms with Crippen LogP contribution in [0.5, 0.6) is 0 Å². The molecule has 0 bridgehead atoms.